The smallest absolute Gasteiger partial charge is 0.245 e. The van der Waals surface area contributed by atoms with Gasteiger partial charge in [0.2, 0.25) is 15.9 Å². The molecule has 1 heterocycles. The molecular formula is C17H18N2O4S. The monoisotopic (exact) mass is 346 g/mol. The lowest BCUT2D eigenvalue weighted by atomic mass is 10.3. The van der Waals surface area contributed by atoms with Gasteiger partial charge in [0.05, 0.1) is 12.0 Å². The zero-order valence-electron chi connectivity index (χ0n) is 13.2. The summed E-state index contributed by atoms with van der Waals surface area (Å²) < 4.78 is 32.6. The van der Waals surface area contributed by atoms with Crippen LogP contribution in [0.3, 0.4) is 0 Å². The van der Waals surface area contributed by atoms with Crippen molar-refractivity contribution in [3.8, 4) is 5.75 Å². The SMILES string of the molecule is COc1cccc(S(=O)(=O)NC2CCN(c3ccccc3)C2=O)c1. The number of hydrogen-bond donors (Lipinski definition) is 1. The molecule has 6 nitrogen and oxygen atoms in total. The quantitative estimate of drug-likeness (QED) is 0.895. The molecule has 3 rings (SSSR count). The van der Waals surface area contributed by atoms with Gasteiger partial charge in [0.15, 0.2) is 0 Å². The van der Waals surface area contributed by atoms with Gasteiger partial charge in [0.25, 0.3) is 0 Å². The highest BCUT2D eigenvalue weighted by molar-refractivity contribution is 7.89. The van der Waals surface area contributed by atoms with E-state index in [1.165, 1.54) is 19.2 Å². The van der Waals surface area contributed by atoms with E-state index in [-0.39, 0.29) is 10.8 Å². The van der Waals surface area contributed by atoms with Crippen LogP contribution in [0.15, 0.2) is 59.5 Å². The Bertz CT molecular complexity index is 837. The van der Waals surface area contributed by atoms with Crippen LogP contribution in [-0.4, -0.2) is 34.0 Å². The van der Waals surface area contributed by atoms with Crippen molar-refractivity contribution in [3.05, 3.63) is 54.6 Å². The van der Waals surface area contributed by atoms with Gasteiger partial charge in [-0.2, -0.15) is 4.72 Å². The molecule has 1 unspecified atom stereocenters. The lowest BCUT2D eigenvalue weighted by Gasteiger charge is -2.17. The number of benzene rings is 2. The second-order valence-electron chi connectivity index (χ2n) is 5.47. The summed E-state index contributed by atoms with van der Waals surface area (Å²) in [5.41, 5.74) is 0.769. The number of para-hydroxylation sites is 1. The molecule has 0 radical (unpaired) electrons. The van der Waals surface area contributed by atoms with Crippen molar-refractivity contribution in [2.24, 2.45) is 0 Å². The highest BCUT2D eigenvalue weighted by atomic mass is 32.2. The maximum absolute atomic E-state index is 12.5. The van der Waals surface area contributed by atoms with Crippen LogP contribution in [0.5, 0.6) is 5.75 Å². The van der Waals surface area contributed by atoms with E-state index < -0.39 is 16.1 Å². The van der Waals surface area contributed by atoms with Crippen LogP contribution in [-0.2, 0) is 14.8 Å². The van der Waals surface area contributed by atoms with Crippen molar-refractivity contribution >= 4 is 21.6 Å². The Morgan fingerprint density at radius 2 is 1.88 bits per heavy atom. The van der Waals surface area contributed by atoms with E-state index in [0.29, 0.717) is 18.7 Å². The Morgan fingerprint density at radius 1 is 1.12 bits per heavy atom. The summed E-state index contributed by atoms with van der Waals surface area (Å²) in [6.45, 7) is 0.480. The van der Waals surface area contributed by atoms with Gasteiger partial charge in [-0.1, -0.05) is 24.3 Å². The summed E-state index contributed by atoms with van der Waals surface area (Å²) in [5, 5.41) is 0. The van der Waals surface area contributed by atoms with Gasteiger partial charge in [0.1, 0.15) is 11.8 Å². The van der Waals surface area contributed by atoms with E-state index in [1.807, 2.05) is 30.3 Å². The van der Waals surface area contributed by atoms with E-state index in [9.17, 15) is 13.2 Å². The van der Waals surface area contributed by atoms with Gasteiger partial charge in [-0.15, -0.1) is 0 Å². The summed E-state index contributed by atoms with van der Waals surface area (Å²) in [6, 6.07) is 14.6. The third-order valence-electron chi connectivity index (χ3n) is 3.92. The van der Waals surface area contributed by atoms with Crippen LogP contribution < -0.4 is 14.4 Å². The maximum Gasteiger partial charge on any atom is 0.245 e. The number of nitrogens with one attached hydrogen (secondary N) is 1. The van der Waals surface area contributed by atoms with Crippen LogP contribution in [0.4, 0.5) is 5.69 Å². The average Bonchev–Trinajstić information content (AvgIpc) is 2.96. The molecule has 0 saturated carbocycles. The van der Waals surface area contributed by atoms with Gasteiger partial charge in [-0.3, -0.25) is 4.79 Å². The van der Waals surface area contributed by atoms with Crippen molar-refractivity contribution in [2.45, 2.75) is 17.4 Å². The number of rotatable bonds is 5. The number of carbonyl (C=O) groups excluding carboxylic acids is 1. The highest BCUT2D eigenvalue weighted by Gasteiger charge is 2.35. The fourth-order valence-electron chi connectivity index (χ4n) is 2.68. The predicted molar refractivity (Wildman–Crippen MR) is 90.5 cm³/mol. The van der Waals surface area contributed by atoms with Crippen molar-refractivity contribution in [2.75, 3.05) is 18.6 Å². The molecule has 1 aliphatic heterocycles. The Kier molecular flexibility index (Phi) is 4.55. The van der Waals surface area contributed by atoms with Crippen LogP contribution in [0, 0.1) is 0 Å². The zero-order chi connectivity index (χ0) is 17.2. The summed E-state index contributed by atoms with van der Waals surface area (Å²) >= 11 is 0. The Labute approximate surface area is 141 Å². The molecule has 0 spiro atoms. The predicted octanol–water partition coefficient (Wildman–Crippen LogP) is 1.78. The maximum atomic E-state index is 12.5. The van der Waals surface area contributed by atoms with Gasteiger partial charge in [-0.25, -0.2) is 8.42 Å². The number of sulfonamides is 1. The summed E-state index contributed by atoms with van der Waals surface area (Å²) in [5.74, 6) is 0.203. The lowest BCUT2D eigenvalue weighted by Crippen LogP contribution is -2.41. The molecule has 2 aromatic carbocycles. The van der Waals surface area contributed by atoms with E-state index in [2.05, 4.69) is 4.72 Å². The molecule has 1 atom stereocenters. The van der Waals surface area contributed by atoms with Gasteiger partial charge >= 0.3 is 0 Å². The molecule has 1 amide bonds. The molecule has 1 fully saturated rings. The number of hydrogen-bond acceptors (Lipinski definition) is 4. The summed E-state index contributed by atoms with van der Waals surface area (Å²) in [6.07, 6.45) is 0.428. The van der Waals surface area contributed by atoms with Gasteiger partial charge < -0.3 is 9.64 Å². The second-order valence-corrected chi connectivity index (χ2v) is 7.18. The molecule has 0 bridgehead atoms. The molecule has 7 heteroatoms. The number of nitrogens with zero attached hydrogens (tertiary/aromatic N) is 1. The minimum atomic E-state index is -3.79. The van der Waals surface area contributed by atoms with E-state index in [0.717, 1.165) is 5.69 Å². The summed E-state index contributed by atoms with van der Waals surface area (Å²) in [4.78, 5) is 14.2. The Balaban J connectivity index is 1.77. The molecule has 1 saturated heterocycles. The average molecular weight is 346 g/mol. The van der Waals surface area contributed by atoms with Crippen molar-refractivity contribution in [1.29, 1.82) is 0 Å². The number of ether oxygens (including phenoxy) is 1. The standard InChI is InChI=1S/C17H18N2O4S/c1-23-14-8-5-9-15(12-14)24(21,22)18-16-10-11-19(17(16)20)13-6-3-2-4-7-13/h2-9,12,16,18H,10-11H2,1H3. The number of methoxy groups -OCH3 is 1. The second kappa shape index (κ2) is 6.62. The number of anilines is 1. The van der Waals surface area contributed by atoms with E-state index in [1.54, 1.807) is 17.0 Å². The first kappa shape index (κ1) is 16.5. The lowest BCUT2D eigenvalue weighted by molar-refractivity contribution is -0.118. The Morgan fingerprint density at radius 3 is 2.58 bits per heavy atom. The fraction of sp³-hybridized carbons (Fsp3) is 0.235. The molecule has 2 aromatic rings. The molecule has 0 aliphatic carbocycles. The molecule has 126 valence electrons. The van der Waals surface area contributed by atoms with Crippen molar-refractivity contribution in [1.82, 2.24) is 4.72 Å². The third kappa shape index (κ3) is 3.27. The normalized spacial score (nSPS) is 18.0. The Hall–Kier alpha value is -2.38. The molecule has 1 aliphatic rings. The van der Waals surface area contributed by atoms with E-state index >= 15 is 0 Å². The first-order chi connectivity index (χ1) is 11.5. The fourth-order valence-corrected chi connectivity index (χ4v) is 3.94. The first-order valence-electron chi connectivity index (χ1n) is 7.54. The van der Waals surface area contributed by atoms with Crippen LogP contribution in [0.25, 0.3) is 0 Å². The highest BCUT2D eigenvalue weighted by Crippen LogP contribution is 2.23. The largest absolute Gasteiger partial charge is 0.497 e. The third-order valence-corrected chi connectivity index (χ3v) is 5.39. The van der Waals surface area contributed by atoms with Crippen molar-refractivity contribution in [3.63, 3.8) is 0 Å². The van der Waals surface area contributed by atoms with Crippen LogP contribution >= 0.6 is 0 Å². The molecular weight excluding hydrogens is 328 g/mol. The zero-order valence-corrected chi connectivity index (χ0v) is 14.0. The minimum Gasteiger partial charge on any atom is -0.497 e. The number of carbonyl (C=O) groups is 1. The minimum absolute atomic E-state index is 0.0767. The topological polar surface area (TPSA) is 75.7 Å². The molecule has 1 N–H and O–H groups in total. The van der Waals surface area contributed by atoms with Crippen molar-refractivity contribution < 1.29 is 17.9 Å². The molecule has 24 heavy (non-hydrogen) atoms. The van der Waals surface area contributed by atoms with E-state index in [4.69, 9.17) is 4.74 Å². The van der Waals surface area contributed by atoms with Crippen LogP contribution in [0.1, 0.15) is 6.42 Å². The van der Waals surface area contributed by atoms with Crippen LogP contribution in [0.2, 0.25) is 0 Å². The molecule has 0 aromatic heterocycles. The first-order valence-corrected chi connectivity index (χ1v) is 9.02. The van der Waals surface area contributed by atoms with Gasteiger partial charge in [-0.05, 0) is 30.7 Å². The van der Waals surface area contributed by atoms with Gasteiger partial charge in [0, 0.05) is 18.3 Å². The number of amides is 1. The summed E-state index contributed by atoms with van der Waals surface area (Å²) in [7, 11) is -2.32.